The molecule has 0 saturated heterocycles. The van der Waals surface area contributed by atoms with Crippen molar-refractivity contribution in [2.24, 2.45) is 0 Å². The second-order valence-corrected chi connectivity index (χ2v) is 5.61. The molecule has 3 rings (SSSR count). The van der Waals surface area contributed by atoms with Crippen molar-refractivity contribution in [2.75, 3.05) is 18.0 Å². The molecular weight excluding hydrogens is 398 g/mol. The standard InChI is InChI=1S/C22H23N.5C2H6/c1-3-23(4-2)22-20(18-12-7-5-8-13-18)16-11-17-21(22)19-14-9-6-10-15-19;5*1-2/h5-17H,3-4H2,1-2H3;5*1-2H3. The Labute approximate surface area is 207 Å². The molecule has 186 valence electrons. The molecule has 0 amide bonds. The van der Waals surface area contributed by atoms with E-state index >= 15 is 0 Å². The Kier molecular flexibility index (Phi) is 27.3. The highest BCUT2D eigenvalue weighted by Crippen LogP contribution is 2.39. The Balaban J connectivity index is -0.000000798. The van der Waals surface area contributed by atoms with Gasteiger partial charge in [0.25, 0.3) is 0 Å². The second kappa shape index (κ2) is 25.7. The van der Waals surface area contributed by atoms with Gasteiger partial charge in [0.05, 0.1) is 5.69 Å². The number of hydrogen-bond donors (Lipinski definition) is 0. The lowest BCUT2D eigenvalue weighted by molar-refractivity contribution is 0.868. The summed E-state index contributed by atoms with van der Waals surface area (Å²) in [5, 5.41) is 0. The van der Waals surface area contributed by atoms with E-state index in [0.29, 0.717) is 0 Å². The fourth-order valence-electron chi connectivity index (χ4n) is 3.13. The molecule has 0 aliphatic rings. The van der Waals surface area contributed by atoms with Crippen molar-refractivity contribution in [3.63, 3.8) is 0 Å². The molecule has 0 aliphatic heterocycles. The van der Waals surface area contributed by atoms with Crippen LogP contribution in [0.1, 0.15) is 83.1 Å². The molecule has 0 saturated carbocycles. The Morgan fingerprint density at radius 3 is 1.00 bits per heavy atom. The van der Waals surface area contributed by atoms with E-state index in [0.717, 1.165) is 13.1 Å². The molecule has 0 radical (unpaired) electrons. The molecule has 33 heavy (non-hydrogen) atoms. The van der Waals surface area contributed by atoms with Gasteiger partial charge in [0.15, 0.2) is 0 Å². The maximum atomic E-state index is 2.45. The smallest absolute Gasteiger partial charge is 0.0525 e. The van der Waals surface area contributed by atoms with Gasteiger partial charge in [0.1, 0.15) is 0 Å². The van der Waals surface area contributed by atoms with Crippen molar-refractivity contribution in [2.45, 2.75) is 83.1 Å². The fraction of sp³-hybridized carbons (Fsp3) is 0.438. The SMILES string of the molecule is CC.CC.CC.CC.CC.CCN(CC)c1c(-c2ccccc2)cccc1-c1ccccc1. The molecular formula is C32H53N. The van der Waals surface area contributed by atoms with E-state index in [9.17, 15) is 0 Å². The van der Waals surface area contributed by atoms with Gasteiger partial charge in [-0.15, -0.1) is 0 Å². The quantitative estimate of drug-likeness (QED) is 0.373. The van der Waals surface area contributed by atoms with Crippen LogP contribution < -0.4 is 4.90 Å². The number of para-hydroxylation sites is 1. The van der Waals surface area contributed by atoms with Crippen LogP contribution in [0.3, 0.4) is 0 Å². The van der Waals surface area contributed by atoms with Gasteiger partial charge in [-0.25, -0.2) is 0 Å². The third kappa shape index (κ3) is 11.8. The van der Waals surface area contributed by atoms with Gasteiger partial charge in [-0.2, -0.15) is 0 Å². The number of benzene rings is 3. The number of anilines is 1. The van der Waals surface area contributed by atoms with E-state index in [2.05, 4.69) is 97.6 Å². The van der Waals surface area contributed by atoms with Crippen molar-refractivity contribution in [1.29, 1.82) is 0 Å². The van der Waals surface area contributed by atoms with E-state index in [-0.39, 0.29) is 0 Å². The third-order valence-electron chi connectivity index (χ3n) is 4.29. The summed E-state index contributed by atoms with van der Waals surface area (Å²) < 4.78 is 0. The van der Waals surface area contributed by atoms with Crippen molar-refractivity contribution >= 4 is 5.69 Å². The monoisotopic (exact) mass is 451 g/mol. The molecule has 0 fully saturated rings. The topological polar surface area (TPSA) is 3.24 Å². The molecule has 0 spiro atoms. The summed E-state index contributed by atoms with van der Waals surface area (Å²) in [6.07, 6.45) is 0. The van der Waals surface area contributed by atoms with E-state index in [1.165, 1.54) is 27.9 Å². The van der Waals surface area contributed by atoms with Gasteiger partial charge in [-0.3, -0.25) is 0 Å². The average molecular weight is 452 g/mol. The molecule has 0 atom stereocenters. The zero-order chi connectivity index (χ0) is 26.1. The first-order valence-corrected chi connectivity index (χ1v) is 13.3. The lowest BCUT2D eigenvalue weighted by Gasteiger charge is -2.27. The van der Waals surface area contributed by atoms with Crippen LogP contribution in [0.15, 0.2) is 78.9 Å². The van der Waals surface area contributed by atoms with Crippen molar-refractivity contribution < 1.29 is 0 Å². The Hall–Kier alpha value is -2.54. The van der Waals surface area contributed by atoms with Crippen molar-refractivity contribution in [3.05, 3.63) is 78.9 Å². The van der Waals surface area contributed by atoms with Gasteiger partial charge in [-0.05, 0) is 25.0 Å². The first kappa shape index (κ1) is 35.1. The lowest BCUT2D eigenvalue weighted by atomic mass is 9.95. The number of rotatable bonds is 5. The minimum absolute atomic E-state index is 1.00. The molecule has 0 aromatic heterocycles. The van der Waals surface area contributed by atoms with Crippen LogP contribution in [0.4, 0.5) is 5.69 Å². The highest BCUT2D eigenvalue weighted by Gasteiger charge is 2.15. The molecule has 1 heteroatoms. The summed E-state index contributed by atoms with van der Waals surface area (Å²) in [4.78, 5) is 2.45. The minimum Gasteiger partial charge on any atom is -0.371 e. The molecule has 0 aliphatic carbocycles. The van der Waals surface area contributed by atoms with Gasteiger partial charge in [0, 0.05) is 24.2 Å². The summed E-state index contributed by atoms with van der Waals surface area (Å²) >= 11 is 0. The van der Waals surface area contributed by atoms with E-state index in [1.807, 2.05) is 69.2 Å². The van der Waals surface area contributed by atoms with Crippen LogP contribution in [0.5, 0.6) is 0 Å². The normalized spacial score (nSPS) is 8.24. The van der Waals surface area contributed by atoms with Crippen LogP contribution in [0, 0.1) is 0 Å². The minimum atomic E-state index is 1.00. The highest BCUT2D eigenvalue weighted by molar-refractivity contribution is 5.91. The largest absolute Gasteiger partial charge is 0.371 e. The van der Waals surface area contributed by atoms with Gasteiger partial charge >= 0.3 is 0 Å². The number of hydrogen-bond acceptors (Lipinski definition) is 1. The van der Waals surface area contributed by atoms with Gasteiger partial charge in [-0.1, -0.05) is 148 Å². The van der Waals surface area contributed by atoms with E-state index in [4.69, 9.17) is 0 Å². The summed E-state index contributed by atoms with van der Waals surface area (Å²) in [6, 6.07) is 28.0. The maximum absolute atomic E-state index is 2.45. The molecule has 0 unspecified atom stereocenters. The zero-order valence-corrected chi connectivity index (χ0v) is 23.9. The Morgan fingerprint density at radius 1 is 0.424 bits per heavy atom. The summed E-state index contributed by atoms with van der Waals surface area (Å²) in [5.74, 6) is 0. The molecule has 0 bridgehead atoms. The van der Waals surface area contributed by atoms with Crippen LogP contribution in [-0.2, 0) is 0 Å². The molecule has 3 aromatic carbocycles. The Bertz CT molecular complexity index is 686. The van der Waals surface area contributed by atoms with Gasteiger partial charge < -0.3 is 4.90 Å². The third-order valence-corrected chi connectivity index (χ3v) is 4.29. The average Bonchev–Trinajstić information content (AvgIpc) is 2.96. The fourth-order valence-corrected chi connectivity index (χ4v) is 3.13. The van der Waals surface area contributed by atoms with Crippen LogP contribution in [0.25, 0.3) is 22.3 Å². The predicted molar refractivity (Wildman–Crippen MR) is 158 cm³/mol. The molecule has 3 aromatic rings. The van der Waals surface area contributed by atoms with Crippen LogP contribution in [-0.4, -0.2) is 13.1 Å². The molecule has 0 N–H and O–H groups in total. The maximum Gasteiger partial charge on any atom is 0.0525 e. The van der Waals surface area contributed by atoms with E-state index < -0.39 is 0 Å². The summed E-state index contributed by atoms with van der Waals surface area (Å²) in [7, 11) is 0. The lowest BCUT2D eigenvalue weighted by Crippen LogP contribution is -2.23. The van der Waals surface area contributed by atoms with Crippen LogP contribution in [0.2, 0.25) is 0 Å². The van der Waals surface area contributed by atoms with Crippen molar-refractivity contribution in [1.82, 2.24) is 0 Å². The highest BCUT2D eigenvalue weighted by atomic mass is 15.1. The first-order chi connectivity index (χ1) is 16.3. The Morgan fingerprint density at radius 2 is 0.727 bits per heavy atom. The summed E-state index contributed by atoms with van der Waals surface area (Å²) in [6.45, 7) is 26.4. The zero-order valence-electron chi connectivity index (χ0n) is 23.9. The van der Waals surface area contributed by atoms with Gasteiger partial charge in [0.2, 0.25) is 0 Å². The first-order valence-electron chi connectivity index (χ1n) is 13.3. The molecule has 1 nitrogen and oxygen atoms in total. The molecule has 0 heterocycles. The van der Waals surface area contributed by atoms with Crippen molar-refractivity contribution in [3.8, 4) is 22.3 Å². The van der Waals surface area contributed by atoms with E-state index in [1.54, 1.807) is 0 Å². The summed E-state index contributed by atoms with van der Waals surface area (Å²) in [5.41, 5.74) is 6.47. The predicted octanol–water partition coefficient (Wildman–Crippen LogP) is 11.0. The van der Waals surface area contributed by atoms with Crippen LogP contribution >= 0.6 is 0 Å². The second-order valence-electron chi connectivity index (χ2n) is 5.61. The number of nitrogens with zero attached hydrogens (tertiary/aromatic N) is 1.